The van der Waals surface area contributed by atoms with Gasteiger partial charge in [-0.25, -0.2) is 19.5 Å². The Morgan fingerprint density at radius 2 is 1.91 bits per heavy atom. The quantitative estimate of drug-likeness (QED) is 0.380. The number of carbonyl (C=O) groups is 1. The lowest BCUT2D eigenvalue weighted by Gasteiger charge is -2.16. The Morgan fingerprint density at radius 1 is 1.06 bits per heavy atom. The van der Waals surface area contributed by atoms with Gasteiger partial charge in [-0.05, 0) is 54.5 Å². The summed E-state index contributed by atoms with van der Waals surface area (Å²) in [6.07, 6.45) is 4.75. The number of aliphatic hydroxyl groups excluding tert-OH is 1. The zero-order valence-corrected chi connectivity index (χ0v) is 18.6. The molecule has 0 atom stereocenters. The summed E-state index contributed by atoms with van der Waals surface area (Å²) in [5.74, 6) is 6.23. The summed E-state index contributed by atoms with van der Waals surface area (Å²) in [5.41, 5.74) is 2.84. The van der Waals surface area contributed by atoms with E-state index in [2.05, 4.69) is 37.2 Å². The maximum absolute atomic E-state index is 12.2. The first kappa shape index (κ1) is 21.8. The van der Waals surface area contributed by atoms with Crippen molar-refractivity contribution in [1.82, 2.24) is 24.6 Å². The second-order valence-corrected chi connectivity index (χ2v) is 7.42. The van der Waals surface area contributed by atoms with E-state index in [0.717, 1.165) is 16.6 Å². The van der Waals surface area contributed by atoms with E-state index in [1.165, 1.54) is 17.6 Å². The first-order valence-corrected chi connectivity index (χ1v) is 10.6. The van der Waals surface area contributed by atoms with Gasteiger partial charge in [0.2, 0.25) is 0 Å². The molecule has 0 radical (unpaired) electrons. The molecule has 0 aliphatic rings. The van der Waals surface area contributed by atoms with Crippen molar-refractivity contribution in [2.24, 2.45) is 0 Å². The van der Waals surface area contributed by atoms with Crippen molar-refractivity contribution in [2.75, 3.05) is 23.9 Å². The van der Waals surface area contributed by atoms with Gasteiger partial charge >= 0.3 is 5.91 Å². The van der Waals surface area contributed by atoms with Gasteiger partial charge in [0, 0.05) is 36.1 Å². The zero-order chi connectivity index (χ0) is 24.2. The number of nitrogens with zero attached hydrogens (tertiary/aromatic N) is 6. The molecule has 3 heterocycles. The van der Waals surface area contributed by atoms with E-state index in [0.29, 0.717) is 28.7 Å². The third-order valence-electron chi connectivity index (χ3n) is 5.19. The fourth-order valence-corrected chi connectivity index (χ4v) is 3.41. The third-order valence-corrected chi connectivity index (χ3v) is 5.19. The number of hydrogen-bond acceptors (Lipinski definition) is 8. The molecule has 0 aliphatic carbocycles. The maximum Gasteiger partial charge on any atom is 0.302 e. The van der Waals surface area contributed by atoms with Gasteiger partial charge in [0.05, 0.1) is 5.52 Å². The highest BCUT2D eigenvalue weighted by Gasteiger charge is 2.12. The van der Waals surface area contributed by atoms with E-state index in [4.69, 9.17) is 9.84 Å². The fourth-order valence-electron chi connectivity index (χ4n) is 3.41. The highest BCUT2D eigenvalue weighted by molar-refractivity contribution is 6.06. The highest BCUT2D eigenvalue weighted by atomic mass is 16.5. The summed E-state index contributed by atoms with van der Waals surface area (Å²) in [4.78, 5) is 26.5. The van der Waals surface area contributed by atoms with Gasteiger partial charge in [-0.3, -0.25) is 4.79 Å². The number of fused-ring (bicyclic) bond motifs is 2. The largest absolute Gasteiger partial charge is 0.457 e. The molecule has 0 saturated heterocycles. The van der Waals surface area contributed by atoms with E-state index in [1.54, 1.807) is 29.9 Å². The Balaban J connectivity index is 1.36. The molecule has 5 rings (SSSR count). The summed E-state index contributed by atoms with van der Waals surface area (Å²) in [6, 6.07) is 16.5. The van der Waals surface area contributed by atoms with Crippen LogP contribution in [0, 0.1) is 11.8 Å². The van der Waals surface area contributed by atoms with E-state index >= 15 is 0 Å². The molecule has 172 valence electrons. The minimum atomic E-state index is -0.427. The second kappa shape index (κ2) is 9.46. The number of rotatable bonds is 5. The lowest BCUT2D eigenvalue weighted by molar-refractivity contribution is -0.113. The molecule has 0 aliphatic heterocycles. The van der Waals surface area contributed by atoms with Crippen LogP contribution in [0.5, 0.6) is 11.5 Å². The van der Waals surface area contributed by atoms with E-state index in [1.807, 2.05) is 42.5 Å². The molecule has 10 nitrogen and oxygen atoms in total. The van der Waals surface area contributed by atoms with Crippen molar-refractivity contribution < 1.29 is 14.6 Å². The van der Waals surface area contributed by atoms with Gasteiger partial charge in [0.25, 0.3) is 0 Å². The van der Waals surface area contributed by atoms with Gasteiger partial charge in [0.1, 0.15) is 36.6 Å². The summed E-state index contributed by atoms with van der Waals surface area (Å²) in [6.45, 7) is -0.375. The standard InChI is InChI=1S/C25H19N7O3/c1-31(24(34)3-2-12-33)18-6-9-22-21(13-18)25(28-15-26-22)30-17-4-7-19(8-5-17)35-20-10-11-32-23(14-20)27-16-29-32/h4-11,13-16,33H,12H2,1H3,(H,26,28,30). The molecule has 35 heavy (non-hydrogen) atoms. The van der Waals surface area contributed by atoms with Crippen molar-refractivity contribution in [3.05, 3.63) is 73.4 Å². The monoisotopic (exact) mass is 465 g/mol. The van der Waals surface area contributed by atoms with Crippen LogP contribution in [0.4, 0.5) is 17.2 Å². The molecule has 0 unspecified atom stereocenters. The van der Waals surface area contributed by atoms with Crippen LogP contribution in [-0.4, -0.2) is 49.2 Å². The van der Waals surface area contributed by atoms with Crippen LogP contribution in [0.3, 0.4) is 0 Å². The molecule has 3 aromatic heterocycles. The molecule has 2 aromatic carbocycles. The number of benzene rings is 2. The predicted octanol–water partition coefficient (Wildman–Crippen LogP) is 3.17. The van der Waals surface area contributed by atoms with Gasteiger partial charge in [0.15, 0.2) is 5.65 Å². The van der Waals surface area contributed by atoms with E-state index in [-0.39, 0.29) is 6.61 Å². The number of hydrogen-bond donors (Lipinski definition) is 2. The van der Waals surface area contributed by atoms with Gasteiger partial charge in [-0.1, -0.05) is 5.92 Å². The van der Waals surface area contributed by atoms with Crippen molar-refractivity contribution >= 4 is 39.6 Å². The SMILES string of the molecule is CN(C(=O)C#CCO)c1ccc2ncnc(Nc3ccc(Oc4ccn5ncnc5c4)cc3)c2c1. The first-order valence-electron chi connectivity index (χ1n) is 10.6. The highest BCUT2D eigenvalue weighted by Crippen LogP contribution is 2.29. The van der Waals surface area contributed by atoms with Crippen LogP contribution in [0.15, 0.2) is 73.4 Å². The smallest absolute Gasteiger partial charge is 0.302 e. The van der Waals surface area contributed by atoms with Gasteiger partial charge in [-0.15, -0.1) is 0 Å². The summed E-state index contributed by atoms with van der Waals surface area (Å²) < 4.78 is 7.59. The summed E-state index contributed by atoms with van der Waals surface area (Å²) in [5, 5.41) is 16.9. The molecule has 10 heteroatoms. The first-order chi connectivity index (χ1) is 17.1. The average molecular weight is 465 g/mol. The predicted molar refractivity (Wildman–Crippen MR) is 131 cm³/mol. The van der Waals surface area contributed by atoms with Crippen molar-refractivity contribution in [1.29, 1.82) is 0 Å². The lowest BCUT2D eigenvalue weighted by atomic mass is 10.2. The number of aromatic nitrogens is 5. The number of nitrogens with one attached hydrogen (secondary N) is 1. The van der Waals surface area contributed by atoms with Crippen molar-refractivity contribution in [3.8, 4) is 23.3 Å². The molecule has 0 bridgehead atoms. The number of amides is 1. The van der Waals surface area contributed by atoms with Crippen LogP contribution < -0.4 is 15.0 Å². The Kier molecular flexibility index (Phi) is 5.90. The van der Waals surface area contributed by atoms with Crippen LogP contribution in [0.1, 0.15) is 0 Å². The topological polar surface area (TPSA) is 118 Å². The minimum absolute atomic E-state index is 0.375. The average Bonchev–Trinajstić information content (AvgIpc) is 3.36. The number of ether oxygens (including phenoxy) is 1. The molecule has 2 N–H and O–H groups in total. The number of anilines is 3. The zero-order valence-electron chi connectivity index (χ0n) is 18.6. The normalized spacial score (nSPS) is 10.6. The molecule has 1 amide bonds. The number of pyridine rings is 1. The Labute approximate surface area is 199 Å². The molecule has 0 saturated carbocycles. The third kappa shape index (κ3) is 4.71. The Bertz CT molecular complexity index is 1590. The lowest BCUT2D eigenvalue weighted by Crippen LogP contribution is -2.24. The van der Waals surface area contributed by atoms with Gasteiger partial charge < -0.3 is 20.1 Å². The molecule has 0 spiro atoms. The summed E-state index contributed by atoms with van der Waals surface area (Å²) >= 11 is 0. The van der Waals surface area contributed by atoms with Gasteiger partial charge in [-0.2, -0.15) is 5.10 Å². The van der Waals surface area contributed by atoms with Crippen LogP contribution in [-0.2, 0) is 4.79 Å². The summed E-state index contributed by atoms with van der Waals surface area (Å²) in [7, 11) is 1.62. The molecular formula is C25H19N7O3. The van der Waals surface area contributed by atoms with Crippen LogP contribution >= 0.6 is 0 Å². The fraction of sp³-hybridized carbons (Fsp3) is 0.0800. The van der Waals surface area contributed by atoms with E-state index < -0.39 is 5.91 Å². The molecule has 0 fully saturated rings. The van der Waals surface area contributed by atoms with E-state index in [9.17, 15) is 4.79 Å². The Hall–Kier alpha value is -5.01. The number of aliphatic hydroxyl groups is 1. The number of carbonyl (C=O) groups excluding carboxylic acids is 1. The van der Waals surface area contributed by atoms with Crippen LogP contribution in [0.2, 0.25) is 0 Å². The maximum atomic E-state index is 12.2. The Morgan fingerprint density at radius 3 is 2.74 bits per heavy atom. The second-order valence-electron chi connectivity index (χ2n) is 7.42. The molecule has 5 aromatic rings. The van der Waals surface area contributed by atoms with Crippen LogP contribution in [0.25, 0.3) is 16.6 Å². The minimum Gasteiger partial charge on any atom is -0.457 e. The van der Waals surface area contributed by atoms with Crippen molar-refractivity contribution in [2.45, 2.75) is 0 Å². The molecular weight excluding hydrogens is 446 g/mol. The van der Waals surface area contributed by atoms with Crippen molar-refractivity contribution in [3.63, 3.8) is 0 Å².